The summed E-state index contributed by atoms with van der Waals surface area (Å²) in [6.07, 6.45) is 0.865. The molecule has 0 unspecified atom stereocenters. The van der Waals surface area contributed by atoms with Crippen LogP contribution in [0.3, 0.4) is 0 Å². The van der Waals surface area contributed by atoms with E-state index >= 15 is 0 Å². The Kier molecular flexibility index (Phi) is 13.0. The van der Waals surface area contributed by atoms with Gasteiger partial charge in [0.2, 0.25) is 11.8 Å². The summed E-state index contributed by atoms with van der Waals surface area (Å²) in [7, 11) is -4.28. The molecule has 0 heterocycles. The van der Waals surface area contributed by atoms with Crippen molar-refractivity contribution in [2.45, 2.75) is 57.1 Å². The predicted octanol–water partition coefficient (Wildman–Crippen LogP) is 8.84. The van der Waals surface area contributed by atoms with Crippen molar-refractivity contribution in [2.24, 2.45) is 0 Å². The van der Waals surface area contributed by atoms with Gasteiger partial charge in [0.25, 0.3) is 10.0 Å². The average molecular weight is 759 g/mol. The molecule has 0 aromatic heterocycles. The zero-order chi connectivity index (χ0) is 37.3. The molecule has 1 N–H and O–H groups in total. The normalized spacial score (nSPS) is 12.4. The van der Waals surface area contributed by atoms with E-state index in [0.29, 0.717) is 28.5 Å². The van der Waals surface area contributed by atoms with Crippen molar-refractivity contribution in [2.75, 3.05) is 10.8 Å². The maximum Gasteiger partial charge on any atom is 0.264 e. The van der Waals surface area contributed by atoms with Crippen LogP contribution in [0, 0.1) is 6.92 Å². The molecule has 0 bridgehead atoms. The Labute approximate surface area is 316 Å². The van der Waals surface area contributed by atoms with Gasteiger partial charge in [-0.05, 0) is 92.1 Å². The zero-order valence-electron chi connectivity index (χ0n) is 29.2. The third kappa shape index (κ3) is 9.94. The number of sulfonamides is 1. The van der Waals surface area contributed by atoms with Crippen LogP contribution in [0.1, 0.15) is 37.0 Å². The molecule has 0 aliphatic heterocycles. The Morgan fingerprint density at radius 3 is 2.00 bits per heavy atom. The Bertz CT molecular complexity index is 2060. The SMILES string of the molecule is CC[C@@H](C)NC(=O)[C@@H](Cc1ccccc1)N(Cc1ccc(Cl)c(Cl)c1)C(=O)CN(c1ccc(Oc2ccccc2)cc1)S(=O)(=O)c1ccc(C)cc1. The summed E-state index contributed by atoms with van der Waals surface area (Å²) in [5.74, 6) is 0.154. The lowest BCUT2D eigenvalue weighted by atomic mass is 10.0. The minimum absolute atomic E-state index is 0.0156. The van der Waals surface area contributed by atoms with Crippen molar-refractivity contribution in [3.8, 4) is 11.5 Å². The number of nitrogens with zero attached hydrogens (tertiary/aromatic N) is 2. The van der Waals surface area contributed by atoms with E-state index in [1.54, 1.807) is 54.6 Å². The number of carbonyl (C=O) groups excluding carboxylic acids is 2. The number of hydrogen-bond acceptors (Lipinski definition) is 5. The summed E-state index contributed by atoms with van der Waals surface area (Å²) in [4.78, 5) is 30.3. The predicted molar refractivity (Wildman–Crippen MR) is 208 cm³/mol. The molecule has 0 saturated heterocycles. The number of para-hydroxylation sites is 1. The van der Waals surface area contributed by atoms with Crippen LogP contribution in [-0.2, 0) is 32.6 Å². The largest absolute Gasteiger partial charge is 0.457 e. The highest BCUT2D eigenvalue weighted by Gasteiger charge is 2.35. The average Bonchev–Trinajstić information content (AvgIpc) is 3.14. The van der Waals surface area contributed by atoms with Crippen LogP contribution >= 0.6 is 23.2 Å². The Morgan fingerprint density at radius 2 is 1.38 bits per heavy atom. The highest BCUT2D eigenvalue weighted by Crippen LogP contribution is 2.30. The second-order valence-electron chi connectivity index (χ2n) is 12.5. The van der Waals surface area contributed by atoms with Gasteiger partial charge in [-0.2, -0.15) is 0 Å². The van der Waals surface area contributed by atoms with Gasteiger partial charge in [0.15, 0.2) is 0 Å². The maximum absolute atomic E-state index is 14.8. The lowest BCUT2D eigenvalue weighted by molar-refractivity contribution is -0.140. The van der Waals surface area contributed by atoms with E-state index in [0.717, 1.165) is 15.4 Å². The van der Waals surface area contributed by atoms with E-state index in [2.05, 4.69) is 5.32 Å². The van der Waals surface area contributed by atoms with Crippen molar-refractivity contribution >= 4 is 50.7 Å². The monoisotopic (exact) mass is 757 g/mol. The fraction of sp³-hybridized carbons (Fsp3) is 0.220. The van der Waals surface area contributed by atoms with E-state index in [1.165, 1.54) is 17.0 Å². The molecule has 0 fully saturated rings. The third-order valence-electron chi connectivity index (χ3n) is 8.60. The van der Waals surface area contributed by atoms with Gasteiger partial charge < -0.3 is 15.0 Å². The van der Waals surface area contributed by atoms with Gasteiger partial charge in [-0.25, -0.2) is 8.42 Å². The fourth-order valence-corrected chi connectivity index (χ4v) is 7.24. The first-order valence-corrected chi connectivity index (χ1v) is 19.1. The molecule has 0 aliphatic carbocycles. The van der Waals surface area contributed by atoms with Gasteiger partial charge >= 0.3 is 0 Å². The number of carbonyl (C=O) groups is 2. The molecule has 0 spiro atoms. The van der Waals surface area contributed by atoms with Gasteiger partial charge in [0.1, 0.15) is 24.1 Å². The number of aryl methyl sites for hydroxylation is 1. The quantitative estimate of drug-likeness (QED) is 0.115. The highest BCUT2D eigenvalue weighted by atomic mass is 35.5. The first-order valence-electron chi connectivity index (χ1n) is 16.9. The minimum atomic E-state index is -4.28. The Balaban J connectivity index is 1.57. The number of nitrogens with one attached hydrogen (secondary N) is 1. The molecule has 5 aromatic rings. The minimum Gasteiger partial charge on any atom is -0.457 e. The number of amides is 2. The number of rotatable bonds is 15. The van der Waals surface area contributed by atoms with Crippen molar-refractivity contribution in [1.29, 1.82) is 0 Å². The van der Waals surface area contributed by atoms with E-state index in [1.807, 2.05) is 81.4 Å². The zero-order valence-corrected chi connectivity index (χ0v) is 31.5. The van der Waals surface area contributed by atoms with Gasteiger partial charge in [0.05, 0.1) is 20.6 Å². The van der Waals surface area contributed by atoms with Crippen LogP contribution in [0.15, 0.2) is 132 Å². The molecular formula is C41H41Cl2N3O5S. The maximum atomic E-state index is 14.8. The number of hydrogen-bond donors (Lipinski definition) is 1. The summed E-state index contributed by atoms with van der Waals surface area (Å²) in [5, 5.41) is 3.67. The summed E-state index contributed by atoms with van der Waals surface area (Å²) in [5.41, 5.74) is 2.57. The lowest BCUT2D eigenvalue weighted by Gasteiger charge is -2.34. The van der Waals surface area contributed by atoms with Gasteiger partial charge in [0, 0.05) is 19.0 Å². The Hall–Kier alpha value is -4.83. The first kappa shape index (κ1) is 38.4. The van der Waals surface area contributed by atoms with Crippen molar-refractivity contribution < 1.29 is 22.7 Å². The molecular weight excluding hydrogens is 717 g/mol. The van der Waals surface area contributed by atoms with Crippen molar-refractivity contribution in [3.63, 3.8) is 0 Å². The standard InChI is InChI=1S/C41H41Cl2N3O5S/c1-4-30(3)44-41(48)39(26-31-11-7-5-8-12-31)45(27-32-17-24-37(42)38(43)25-32)40(47)28-46(52(49,50)36-22-15-29(2)16-23-36)33-18-20-35(21-19-33)51-34-13-9-6-10-14-34/h5-25,30,39H,4,26-28H2,1-3H3,(H,44,48)/t30-,39-/m1/s1. The fourth-order valence-electron chi connectivity index (χ4n) is 5.50. The molecule has 5 rings (SSSR count). The number of benzene rings is 5. The third-order valence-corrected chi connectivity index (χ3v) is 11.1. The number of anilines is 1. The lowest BCUT2D eigenvalue weighted by Crippen LogP contribution is -2.54. The molecule has 2 amide bonds. The number of halogens is 2. The molecule has 8 nitrogen and oxygen atoms in total. The summed E-state index contributed by atoms with van der Waals surface area (Å²) in [6.45, 7) is 5.08. The summed E-state index contributed by atoms with van der Waals surface area (Å²) < 4.78 is 35.8. The highest BCUT2D eigenvalue weighted by molar-refractivity contribution is 7.92. The van der Waals surface area contributed by atoms with E-state index in [4.69, 9.17) is 27.9 Å². The van der Waals surface area contributed by atoms with E-state index in [9.17, 15) is 18.0 Å². The van der Waals surface area contributed by atoms with Gasteiger partial charge in [-0.1, -0.05) is 102 Å². The van der Waals surface area contributed by atoms with Crippen LogP contribution in [-0.4, -0.2) is 43.8 Å². The van der Waals surface area contributed by atoms with Crippen LogP contribution in [0.5, 0.6) is 11.5 Å². The van der Waals surface area contributed by atoms with Crippen molar-refractivity contribution in [1.82, 2.24) is 10.2 Å². The molecule has 270 valence electrons. The van der Waals surface area contributed by atoms with Crippen LogP contribution in [0.25, 0.3) is 0 Å². The second kappa shape index (κ2) is 17.6. The molecule has 52 heavy (non-hydrogen) atoms. The smallest absolute Gasteiger partial charge is 0.264 e. The molecule has 2 atom stereocenters. The second-order valence-corrected chi connectivity index (χ2v) is 15.2. The molecule has 0 saturated carbocycles. The van der Waals surface area contributed by atoms with Crippen LogP contribution in [0.2, 0.25) is 10.0 Å². The van der Waals surface area contributed by atoms with Gasteiger partial charge in [-0.3, -0.25) is 13.9 Å². The molecule has 11 heteroatoms. The molecule has 0 radical (unpaired) electrons. The molecule has 5 aromatic carbocycles. The number of ether oxygens (including phenoxy) is 1. The Morgan fingerprint density at radius 1 is 0.769 bits per heavy atom. The van der Waals surface area contributed by atoms with Gasteiger partial charge in [-0.15, -0.1) is 0 Å². The molecule has 0 aliphatic rings. The summed E-state index contributed by atoms with van der Waals surface area (Å²) in [6, 6.07) is 35.3. The van der Waals surface area contributed by atoms with Crippen molar-refractivity contribution in [3.05, 3.63) is 154 Å². The van der Waals surface area contributed by atoms with E-state index in [-0.39, 0.29) is 40.5 Å². The van der Waals surface area contributed by atoms with E-state index < -0.39 is 28.5 Å². The van der Waals surface area contributed by atoms with Crippen LogP contribution in [0.4, 0.5) is 5.69 Å². The first-order chi connectivity index (χ1) is 24.9. The summed E-state index contributed by atoms with van der Waals surface area (Å²) >= 11 is 12.6. The topological polar surface area (TPSA) is 96.0 Å². The van der Waals surface area contributed by atoms with Crippen LogP contribution < -0.4 is 14.4 Å².